The van der Waals surface area contributed by atoms with Crippen LogP contribution in [0.3, 0.4) is 0 Å². The summed E-state index contributed by atoms with van der Waals surface area (Å²) >= 11 is 0. The van der Waals surface area contributed by atoms with Crippen LogP contribution in [0.2, 0.25) is 0 Å². The first-order valence-corrected chi connectivity index (χ1v) is 5.56. The largest absolute Gasteiger partial charge is 0.318 e. The van der Waals surface area contributed by atoms with Gasteiger partial charge in [0.1, 0.15) is 5.69 Å². The number of rotatable bonds is 4. The average Bonchev–Trinajstić information content (AvgIpc) is 2.64. The molecule has 0 radical (unpaired) electrons. The normalized spacial score (nSPS) is 11.9. The van der Waals surface area contributed by atoms with Gasteiger partial charge < -0.3 is 5.73 Å². The van der Waals surface area contributed by atoms with Crippen molar-refractivity contribution in [3.63, 3.8) is 0 Å². The van der Waals surface area contributed by atoms with Gasteiger partial charge in [-0.1, -0.05) is 26.2 Å². The molecule has 82 valence electrons. The molecule has 0 fully saturated rings. The summed E-state index contributed by atoms with van der Waals surface area (Å²) in [6, 6.07) is 1.92. The molecule has 0 saturated heterocycles. The Kier molecular flexibility index (Phi) is 4.92. The highest BCUT2D eigenvalue weighted by molar-refractivity contribution is 5.28. The number of nitrogens with two attached hydrogens (primary N) is 1. The minimum Gasteiger partial charge on any atom is -0.318 e. The van der Waals surface area contributed by atoms with E-state index in [2.05, 4.69) is 30.8 Å². The third kappa shape index (κ3) is 3.77. The van der Waals surface area contributed by atoms with Crippen LogP contribution >= 0.6 is 0 Å². The first-order valence-electron chi connectivity index (χ1n) is 5.56. The van der Waals surface area contributed by atoms with Gasteiger partial charge in [-0.25, -0.2) is 0 Å². The van der Waals surface area contributed by atoms with E-state index >= 15 is 0 Å². The van der Waals surface area contributed by atoms with Crippen LogP contribution in [0.1, 0.15) is 38.8 Å². The summed E-state index contributed by atoms with van der Waals surface area (Å²) in [5.74, 6) is 6.14. The number of hydrogen-bond donors (Lipinski definition) is 1. The van der Waals surface area contributed by atoms with Crippen molar-refractivity contribution >= 4 is 0 Å². The first kappa shape index (κ1) is 11.8. The van der Waals surface area contributed by atoms with Gasteiger partial charge in [-0.15, -0.1) is 0 Å². The van der Waals surface area contributed by atoms with Crippen molar-refractivity contribution in [1.82, 2.24) is 9.78 Å². The summed E-state index contributed by atoms with van der Waals surface area (Å²) in [5, 5.41) is 4.20. The summed E-state index contributed by atoms with van der Waals surface area (Å²) in [7, 11) is 0. The Bertz CT molecular complexity index is 343. The van der Waals surface area contributed by atoms with Gasteiger partial charge >= 0.3 is 0 Å². The minimum atomic E-state index is -0.0139. The highest BCUT2D eigenvalue weighted by atomic mass is 15.3. The molecule has 1 aromatic heterocycles. The molecule has 0 amide bonds. The Balaban J connectivity index is 2.66. The van der Waals surface area contributed by atoms with E-state index in [1.165, 1.54) is 0 Å². The average molecular weight is 205 g/mol. The summed E-state index contributed by atoms with van der Waals surface area (Å²) < 4.78 is 1.92. The molecule has 1 heterocycles. The molecule has 0 aromatic carbocycles. The molecular formula is C12H19N3. The maximum atomic E-state index is 5.82. The predicted octanol–water partition coefficient (Wildman–Crippen LogP) is 1.77. The van der Waals surface area contributed by atoms with Gasteiger partial charge in [0.05, 0.1) is 12.2 Å². The molecule has 0 saturated carbocycles. The topological polar surface area (TPSA) is 43.8 Å². The maximum Gasteiger partial charge on any atom is 0.111 e. The van der Waals surface area contributed by atoms with Gasteiger partial charge in [-0.3, -0.25) is 4.68 Å². The number of nitrogens with zero attached hydrogens (tertiary/aromatic N) is 2. The lowest BCUT2D eigenvalue weighted by Gasteiger charge is -2.01. The van der Waals surface area contributed by atoms with Crippen LogP contribution in [-0.4, -0.2) is 15.8 Å². The molecule has 0 aliphatic rings. The fourth-order valence-electron chi connectivity index (χ4n) is 1.38. The summed E-state index contributed by atoms with van der Waals surface area (Å²) in [6.07, 6.45) is 4.88. The lowest BCUT2D eigenvalue weighted by atomic mass is 10.2. The zero-order valence-corrected chi connectivity index (χ0v) is 9.53. The van der Waals surface area contributed by atoms with E-state index in [1.54, 1.807) is 6.20 Å². The standard InChI is InChI=1S/C12H19N3/c1-3-5-11(13)6-7-12-8-9-14-15(12)10-4-2/h8-9,11H,3-5,10,13H2,1-2H3. The summed E-state index contributed by atoms with van der Waals surface area (Å²) in [4.78, 5) is 0. The van der Waals surface area contributed by atoms with Crippen molar-refractivity contribution in [2.75, 3.05) is 0 Å². The van der Waals surface area contributed by atoms with Crippen LogP contribution in [0.25, 0.3) is 0 Å². The summed E-state index contributed by atoms with van der Waals surface area (Å²) in [6.45, 7) is 5.16. The minimum absolute atomic E-state index is 0.0139. The number of aryl methyl sites for hydroxylation is 1. The van der Waals surface area contributed by atoms with Gasteiger partial charge in [0.2, 0.25) is 0 Å². The Morgan fingerprint density at radius 3 is 2.93 bits per heavy atom. The van der Waals surface area contributed by atoms with Crippen LogP contribution < -0.4 is 5.73 Å². The van der Waals surface area contributed by atoms with E-state index < -0.39 is 0 Å². The molecule has 15 heavy (non-hydrogen) atoms. The van der Waals surface area contributed by atoms with Crippen LogP contribution in [0.5, 0.6) is 0 Å². The van der Waals surface area contributed by atoms with E-state index in [-0.39, 0.29) is 6.04 Å². The molecule has 0 spiro atoms. The van der Waals surface area contributed by atoms with Gasteiger partial charge in [0.25, 0.3) is 0 Å². The van der Waals surface area contributed by atoms with E-state index in [9.17, 15) is 0 Å². The van der Waals surface area contributed by atoms with Gasteiger partial charge in [0, 0.05) is 6.54 Å². The van der Waals surface area contributed by atoms with Gasteiger partial charge in [0.15, 0.2) is 0 Å². The van der Waals surface area contributed by atoms with Gasteiger partial charge in [-0.05, 0) is 24.8 Å². The molecule has 0 aliphatic carbocycles. The van der Waals surface area contributed by atoms with Gasteiger partial charge in [-0.2, -0.15) is 5.10 Å². The van der Waals surface area contributed by atoms with Crippen LogP contribution in [0.4, 0.5) is 0 Å². The molecular weight excluding hydrogens is 186 g/mol. The Labute approximate surface area is 91.7 Å². The molecule has 1 unspecified atom stereocenters. The highest BCUT2D eigenvalue weighted by Crippen LogP contribution is 1.98. The van der Waals surface area contributed by atoms with E-state index in [0.717, 1.165) is 31.5 Å². The monoisotopic (exact) mass is 205 g/mol. The fourth-order valence-corrected chi connectivity index (χ4v) is 1.38. The van der Waals surface area contributed by atoms with Crippen molar-refractivity contribution in [3.05, 3.63) is 18.0 Å². The lowest BCUT2D eigenvalue weighted by Crippen LogP contribution is -2.16. The fraction of sp³-hybridized carbons (Fsp3) is 0.583. The lowest BCUT2D eigenvalue weighted by molar-refractivity contribution is 0.596. The number of hydrogen-bond acceptors (Lipinski definition) is 2. The second-order valence-corrected chi connectivity index (χ2v) is 3.60. The molecule has 0 bridgehead atoms. The smallest absolute Gasteiger partial charge is 0.111 e. The SMILES string of the molecule is CCCC(N)C#Cc1ccnn1CCC. The highest BCUT2D eigenvalue weighted by Gasteiger charge is 1.98. The molecule has 2 N–H and O–H groups in total. The molecule has 3 nitrogen and oxygen atoms in total. The Morgan fingerprint density at radius 2 is 2.27 bits per heavy atom. The maximum absolute atomic E-state index is 5.82. The Morgan fingerprint density at radius 1 is 1.47 bits per heavy atom. The van der Waals surface area contributed by atoms with Crippen molar-refractivity contribution < 1.29 is 0 Å². The van der Waals surface area contributed by atoms with Crippen LogP contribution in [-0.2, 0) is 6.54 Å². The second-order valence-electron chi connectivity index (χ2n) is 3.60. The first-order chi connectivity index (χ1) is 7.27. The molecule has 3 heteroatoms. The third-order valence-corrected chi connectivity index (χ3v) is 2.14. The molecule has 0 aliphatic heterocycles. The Hall–Kier alpha value is -1.27. The van der Waals surface area contributed by atoms with Crippen molar-refractivity contribution in [2.24, 2.45) is 5.73 Å². The van der Waals surface area contributed by atoms with E-state index in [0.29, 0.717) is 0 Å². The van der Waals surface area contributed by atoms with Crippen molar-refractivity contribution in [3.8, 4) is 11.8 Å². The third-order valence-electron chi connectivity index (χ3n) is 2.14. The predicted molar refractivity (Wildman–Crippen MR) is 62.3 cm³/mol. The van der Waals surface area contributed by atoms with Crippen LogP contribution in [0.15, 0.2) is 12.3 Å². The zero-order valence-electron chi connectivity index (χ0n) is 9.53. The molecule has 1 rings (SSSR count). The van der Waals surface area contributed by atoms with E-state index in [4.69, 9.17) is 5.73 Å². The van der Waals surface area contributed by atoms with Crippen LogP contribution in [0, 0.1) is 11.8 Å². The van der Waals surface area contributed by atoms with Crippen molar-refractivity contribution in [2.45, 2.75) is 45.7 Å². The quantitative estimate of drug-likeness (QED) is 0.761. The van der Waals surface area contributed by atoms with Crippen molar-refractivity contribution in [1.29, 1.82) is 0 Å². The second kappa shape index (κ2) is 6.26. The zero-order chi connectivity index (χ0) is 11.1. The van der Waals surface area contributed by atoms with E-state index in [1.807, 2.05) is 10.7 Å². The number of aromatic nitrogens is 2. The molecule has 1 atom stereocenters. The summed E-state index contributed by atoms with van der Waals surface area (Å²) in [5.41, 5.74) is 6.78. The molecule has 1 aromatic rings.